The Hall–Kier alpha value is -3.65. The van der Waals surface area contributed by atoms with Gasteiger partial charge in [0.2, 0.25) is 0 Å². The number of esters is 1. The number of benzene rings is 2. The zero-order chi connectivity index (χ0) is 26.2. The summed E-state index contributed by atoms with van der Waals surface area (Å²) >= 11 is 0. The standard InChI is InChI=1S/C28H34N2O6/c1-5-29(6-2)16-9-17-30-24(19-12-14-20(15-13-19)28(34)35-4)23(26(32)27(30)33)25(31)21-10-8-11-22(18-21)36-7-3/h8,10-15,18,24,31H,5-7,9,16-17H2,1-4H3. The predicted molar refractivity (Wildman–Crippen MR) is 137 cm³/mol. The number of ether oxygens (including phenoxy) is 2. The fraction of sp³-hybridized carbons (Fsp3) is 0.393. The summed E-state index contributed by atoms with van der Waals surface area (Å²) < 4.78 is 10.3. The van der Waals surface area contributed by atoms with Crippen LogP contribution in [0, 0.1) is 0 Å². The maximum Gasteiger partial charge on any atom is 0.337 e. The highest BCUT2D eigenvalue weighted by Gasteiger charge is 2.45. The number of hydrogen-bond donors (Lipinski definition) is 1. The van der Waals surface area contributed by atoms with Crippen molar-refractivity contribution in [2.45, 2.75) is 33.2 Å². The maximum absolute atomic E-state index is 13.2. The molecule has 3 rings (SSSR count). The van der Waals surface area contributed by atoms with Crippen LogP contribution in [0.15, 0.2) is 54.1 Å². The molecule has 1 heterocycles. The lowest BCUT2D eigenvalue weighted by Gasteiger charge is -2.27. The van der Waals surface area contributed by atoms with Crippen LogP contribution in [0.1, 0.15) is 54.7 Å². The topological polar surface area (TPSA) is 96.4 Å². The number of aliphatic hydroxyl groups excluding tert-OH is 1. The van der Waals surface area contributed by atoms with Gasteiger partial charge in [0.25, 0.3) is 11.7 Å². The summed E-state index contributed by atoms with van der Waals surface area (Å²) in [6.07, 6.45) is 0.672. The van der Waals surface area contributed by atoms with E-state index in [9.17, 15) is 19.5 Å². The van der Waals surface area contributed by atoms with Crippen molar-refractivity contribution in [3.8, 4) is 5.75 Å². The molecule has 0 aliphatic carbocycles. The number of rotatable bonds is 11. The molecule has 2 aromatic rings. The third-order valence-electron chi connectivity index (χ3n) is 6.37. The molecule has 1 aliphatic rings. The Balaban J connectivity index is 2.05. The molecule has 1 N–H and O–H groups in total. The van der Waals surface area contributed by atoms with Gasteiger partial charge in [-0.15, -0.1) is 0 Å². The fourth-order valence-electron chi connectivity index (χ4n) is 4.44. The summed E-state index contributed by atoms with van der Waals surface area (Å²) in [5.41, 5.74) is 1.37. The van der Waals surface area contributed by atoms with Crippen LogP contribution in [0.3, 0.4) is 0 Å². The zero-order valence-electron chi connectivity index (χ0n) is 21.3. The van der Waals surface area contributed by atoms with Crippen molar-refractivity contribution in [2.24, 2.45) is 0 Å². The van der Waals surface area contributed by atoms with Gasteiger partial charge in [0, 0.05) is 12.1 Å². The Kier molecular flexibility index (Phi) is 9.25. The van der Waals surface area contributed by atoms with Crippen LogP contribution in [0.4, 0.5) is 0 Å². The highest BCUT2D eigenvalue weighted by Crippen LogP contribution is 2.40. The Morgan fingerprint density at radius 3 is 2.33 bits per heavy atom. The van der Waals surface area contributed by atoms with Gasteiger partial charge in [0.05, 0.1) is 30.9 Å². The monoisotopic (exact) mass is 494 g/mol. The lowest BCUT2D eigenvalue weighted by atomic mass is 9.94. The number of likely N-dealkylation sites (tertiary alicyclic amines) is 1. The normalized spacial score (nSPS) is 17.0. The molecule has 192 valence electrons. The van der Waals surface area contributed by atoms with Crippen molar-refractivity contribution in [1.82, 2.24) is 9.80 Å². The van der Waals surface area contributed by atoms with Crippen LogP contribution < -0.4 is 4.74 Å². The number of carbonyl (C=O) groups excluding carboxylic acids is 3. The molecule has 1 aliphatic heterocycles. The third kappa shape index (κ3) is 5.76. The predicted octanol–water partition coefficient (Wildman–Crippen LogP) is 4.03. The van der Waals surface area contributed by atoms with Gasteiger partial charge in [-0.1, -0.05) is 38.1 Å². The van der Waals surface area contributed by atoms with Crippen LogP contribution >= 0.6 is 0 Å². The van der Waals surface area contributed by atoms with Crippen LogP contribution in [0.5, 0.6) is 5.75 Å². The summed E-state index contributed by atoms with van der Waals surface area (Å²) in [5.74, 6) is -1.59. The second-order valence-electron chi connectivity index (χ2n) is 8.45. The minimum Gasteiger partial charge on any atom is -0.507 e. The number of hydrogen-bond acceptors (Lipinski definition) is 7. The molecule has 36 heavy (non-hydrogen) atoms. The number of aliphatic hydroxyl groups is 1. The summed E-state index contributed by atoms with van der Waals surface area (Å²) in [6.45, 7) is 9.38. The molecule has 0 spiro atoms. The fourth-order valence-corrected chi connectivity index (χ4v) is 4.44. The quantitative estimate of drug-likeness (QED) is 0.218. The molecule has 1 atom stereocenters. The second-order valence-corrected chi connectivity index (χ2v) is 8.45. The average molecular weight is 495 g/mol. The largest absolute Gasteiger partial charge is 0.507 e. The Labute approximate surface area is 212 Å². The first kappa shape index (κ1) is 26.9. The molecule has 0 aromatic heterocycles. The smallest absolute Gasteiger partial charge is 0.337 e. The molecule has 8 heteroatoms. The van der Waals surface area contributed by atoms with Gasteiger partial charge in [-0.3, -0.25) is 9.59 Å². The van der Waals surface area contributed by atoms with E-state index in [1.807, 2.05) is 6.92 Å². The Morgan fingerprint density at radius 1 is 1.03 bits per heavy atom. The average Bonchev–Trinajstić information content (AvgIpc) is 3.15. The van der Waals surface area contributed by atoms with Gasteiger partial charge in [-0.2, -0.15) is 0 Å². The van der Waals surface area contributed by atoms with Crippen molar-refractivity contribution < 1.29 is 29.0 Å². The van der Waals surface area contributed by atoms with Crippen molar-refractivity contribution in [2.75, 3.05) is 39.9 Å². The molecule has 0 saturated carbocycles. The number of Topliss-reactive ketones (excluding diaryl/α,β-unsaturated/α-hetero) is 1. The van der Waals surface area contributed by atoms with Gasteiger partial charge in [-0.25, -0.2) is 4.79 Å². The Bertz CT molecular complexity index is 1120. The second kappa shape index (κ2) is 12.4. The zero-order valence-corrected chi connectivity index (χ0v) is 21.3. The van der Waals surface area contributed by atoms with E-state index in [1.165, 1.54) is 12.0 Å². The molecule has 2 aromatic carbocycles. The first-order valence-corrected chi connectivity index (χ1v) is 12.3. The molecule has 8 nitrogen and oxygen atoms in total. The maximum atomic E-state index is 13.2. The highest BCUT2D eigenvalue weighted by atomic mass is 16.5. The third-order valence-corrected chi connectivity index (χ3v) is 6.37. The summed E-state index contributed by atoms with van der Waals surface area (Å²) in [4.78, 5) is 42.1. The lowest BCUT2D eigenvalue weighted by Crippen LogP contribution is -2.33. The number of amides is 1. The highest BCUT2D eigenvalue weighted by molar-refractivity contribution is 6.46. The Morgan fingerprint density at radius 2 is 1.72 bits per heavy atom. The van der Waals surface area contributed by atoms with E-state index in [4.69, 9.17) is 9.47 Å². The van der Waals surface area contributed by atoms with E-state index < -0.39 is 23.7 Å². The van der Waals surface area contributed by atoms with Crippen molar-refractivity contribution in [3.05, 3.63) is 70.8 Å². The lowest BCUT2D eigenvalue weighted by molar-refractivity contribution is -0.140. The minimum atomic E-state index is -0.788. The SMILES string of the molecule is CCOc1cccc(C(O)=C2C(=O)C(=O)N(CCCN(CC)CC)C2c2ccc(C(=O)OC)cc2)c1. The molecule has 1 fully saturated rings. The number of carbonyl (C=O) groups is 3. The molecule has 0 bridgehead atoms. The molecule has 1 amide bonds. The van der Waals surface area contributed by atoms with Gasteiger partial charge < -0.3 is 24.4 Å². The number of methoxy groups -OCH3 is 1. The molecule has 1 saturated heterocycles. The van der Waals surface area contributed by atoms with Crippen molar-refractivity contribution in [1.29, 1.82) is 0 Å². The van der Waals surface area contributed by atoms with E-state index in [1.54, 1.807) is 48.5 Å². The van der Waals surface area contributed by atoms with Gasteiger partial charge in [0.1, 0.15) is 11.5 Å². The first-order chi connectivity index (χ1) is 17.4. The van der Waals surface area contributed by atoms with Crippen LogP contribution in [-0.2, 0) is 14.3 Å². The summed E-state index contributed by atoms with van der Waals surface area (Å²) in [6, 6.07) is 12.6. The van der Waals surface area contributed by atoms with Crippen molar-refractivity contribution in [3.63, 3.8) is 0 Å². The number of ketones is 1. The van der Waals surface area contributed by atoms with E-state index in [0.717, 1.165) is 19.6 Å². The molecule has 1 unspecified atom stereocenters. The van der Waals surface area contributed by atoms with Crippen LogP contribution in [-0.4, -0.2) is 72.5 Å². The van der Waals surface area contributed by atoms with Gasteiger partial charge in [0.15, 0.2) is 0 Å². The molecular weight excluding hydrogens is 460 g/mol. The van der Waals surface area contributed by atoms with Crippen LogP contribution in [0.25, 0.3) is 5.76 Å². The van der Waals surface area contributed by atoms with Crippen molar-refractivity contribution >= 4 is 23.4 Å². The van der Waals surface area contributed by atoms with Gasteiger partial charge in [-0.05, 0) is 62.8 Å². The molecule has 0 radical (unpaired) electrons. The van der Waals surface area contributed by atoms with E-state index in [-0.39, 0.29) is 11.3 Å². The molecular formula is C28H34N2O6. The first-order valence-electron chi connectivity index (χ1n) is 12.3. The number of nitrogens with zero attached hydrogens (tertiary/aromatic N) is 2. The van der Waals surface area contributed by atoms with E-state index >= 15 is 0 Å². The van der Waals surface area contributed by atoms with E-state index in [2.05, 4.69) is 18.7 Å². The van der Waals surface area contributed by atoms with E-state index in [0.29, 0.717) is 42.0 Å². The minimum absolute atomic E-state index is 0.0160. The summed E-state index contributed by atoms with van der Waals surface area (Å²) in [5, 5.41) is 11.3. The van der Waals surface area contributed by atoms with Gasteiger partial charge >= 0.3 is 5.97 Å². The summed E-state index contributed by atoms with van der Waals surface area (Å²) in [7, 11) is 1.30. The van der Waals surface area contributed by atoms with Crippen LogP contribution in [0.2, 0.25) is 0 Å².